The van der Waals surface area contributed by atoms with Crippen LogP contribution < -0.4 is 10.5 Å². The molecule has 2 aromatic rings. The molecule has 1 unspecified atom stereocenters. The molecular weight excluding hydrogens is 248 g/mol. The van der Waals surface area contributed by atoms with Gasteiger partial charge in [0.25, 0.3) is 0 Å². The zero-order valence-electron chi connectivity index (χ0n) is 10.4. The number of nitrogens with zero attached hydrogens (tertiary/aromatic N) is 1. The van der Waals surface area contributed by atoms with Crippen molar-refractivity contribution in [1.82, 2.24) is 4.98 Å². The molecule has 94 valence electrons. The Balaban J connectivity index is 2.21. The summed E-state index contributed by atoms with van der Waals surface area (Å²) in [5.74, 6) is 1.41. The molecule has 1 heterocycles. The van der Waals surface area contributed by atoms with Crippen molar-refractivity contribution < 1.29 is 4.74 Å². The third-order valence-corrected chi connectivity index (χ3v) is 2.84. The first-order valence-electron chi connectivity index (χ1n) is 5.72. The van der Waals surface area contributed by atoms with Crippen LogP contribution in [-0.4, -0.2) is 4.98 Å². The van der Waals surface area contributed by atoms with E-state index < -0.39 is 0 Å². The highest BCUT2D eigenvalue weighted by Gasteiger charge is 2.05. The van der Waals surface area contributed by atoms with Crippen molar-refractivity contribution >= 4 is 11.6 Å². The summed E-state index contributed by atoms with van der Waals surface area (Å²) in [4.78, 5) is 4.24. The van der Waals surface area contributed by atoms with Gasteiger partial charge < -0.3 is 10.5 Å². The minimum atomic E-state index is -0.0769. The second-order valence-electron chi connectivity index (χ2n) is 4.22. The summed E-state index contributed by atoms with van der Waals surface area (Å²) < 4.78 is 5.74. The van der Waals surface area contributed by atoms with Crippen molar-refractivity contribution in [3.63, 3.8) is 0 Å². The Bertz CT molecular complexity index is 538. The first-order valence-corrected chi connectivity index (χ1v) is 6.09. The number of pyridine rings is 1. The zero-order chi connectivity index (χ0) is 13.1. The number of aryl methyl sites for hydroxylation is 1. The van der Waals surface area contributed by atoms with Gasteiger partial charge in [-0.05, 0) is 43.7 Å². The lowest BCUT2D eigenvalue weighted by atomic mass is 10.2. The number of nitrogens with two attached hydrogens (primary N) is 1. The van der Waals surface area contributed by atoms with Crippen LogP contribution in [0.15, 0.2) is 36.5 Å². The first kappa shape index (κ1) is 12.9. The van der Waals surface area contributed by atoms with Crippen molar-refractivity contribution in [3.05, 3.63) is 52.8 Å². The van der Waals surface area contributed by atoms with Gasteiger partial charge in [0, 0.05) is 11.1 Å². The lowest BCUT2D eigenvalue weighted by molar-refractivity contribution is 0.475. The predicted molar refractivity (Wildman–Crippen MR) is 73.1 cm³/mol. The molecule has 3 nitrogen and oxygen atoms in total. The summed E-state index contributed by atoms with van der Waals surface area (Å²) in [6.07, 6.45) is 1.67. The second-order valence-corrected chi connectivity index (χ2v) is 4.66. The second kappa shape index (κ2) is 5.38. The van der Waals surface area contributed by atoms with Gasteiger partial charge in [0.05, 0.1) is 11.9 Å². The quantitative estimate of drug-likeness (QED) is 0.914. The molecule has 0 aliphatic carbocycles. The smallest absolute Gasteiger partial charge is 0.145 e. The van der Waals surface area contributed by atoms with E-state index >= 15 is 0 Å². The molecule has 0 aliphatic heterocycles. The molecule has 0 amide bonds. The lowest BCUT2D eigenvalue weighted by Gasteiger charge is -2.10. The van der Waals surface area contributed by atoms with Crippen LogP contribution in [0.5, 0.6) is 11.5 Å². The van der Waals surface area contributed by atoms with E-state index in [4.69, 9.17) is 22.1 Å². The maximum absolute atomic E-state index is 5.94. The van der Waals surface area contributed by atoms with Crippen LogP contribution in [0, 0.1) is 6.92 Å². The van der Waals surface area contributed by atoms with Gasteiger partial charge in [-0.25, -0.2) is 0 Å². The normalized spacial score (nSPS) is 12.2. The van der Waals surface area contributed by atoms with Crippen LogP contribution in [0.25, 0.3) is 0 Å². The van der Waals surface area contributed by atoms with Gasteiger partial charge in [-0.2, -0.15) is 0 Å². The fraction of sp³-hybridized carbons (Fsp3) is 0.214. The van der Waals surface area contributed by atoms with E-state index in [-0.39, 0.29) is 6.04 Å². The average molecular weight is 263 g/mol. The minimum Gasteiger partial charge on any atom is -0.455 e. The number of benzene rings is 1. The highest BCUT2D eigenvalue weighted by Crippen LogP contribution is 2.27. The lowest BCUT2D eigenvalue weighted by Crippen LogP contribution is -2.06. The Hall–Kier alpha value is -1.58. The van der Waals surface area contributed by atoms with Crippen molar-refractivity contribution in [2.45, 2.75) is 19.9 Å². The Morgan fingerprint density at radius 3 is 2.67 bits per heavy atom. The predicted octanol–water partition coefficient (Wildman–Crippen LogP) is 3.86. The number of rotatable bonds is 3. The Morgan fingerprint density at radius 1 is 1.28 bits per heavy atom. The Labute approximate surface area is 112 Å². The highest BCUT2D eigenvalue weighted by atomic mass is 35.5. The Kier molecular flexibility index (Phi) is 3.84. The van der Waals surface area contributed by atoms with Crippen LogP contribution in [0.2, 0.25) is 5.02 Å². The van der Waals surface area contributed by atoms with Gasteiger partial charge in [-0.15, -0.1) is 0 Å². The van der Waals surface area contributed by atoms with Gasteiger partial charge in [-0.3, -0.25) is 4.98 Å². The van der Waals surface area contributed by atoms with E-state index in [1.807, 2.05) is 38.1 Å². The molecule has 0 spiro atoms. The number of ether oxygens (including phenoxy) is 1. The number of hydrogen-bond donors (Lipinski definition) is 1. The van der Waals surface area contributed by atoms with E-state index in [9.17, 15) is 0 Å². The largest absolute Gasteiger partial charge is 0.455 e. The van der Waals surface area contributed by atoms with Gasteiger partial charge in [0.15, 0.2) is 0 Å². The maximum Gasteiger partial charge on any atom is 0.145 e. The van der Waals surface area contributed by atoms with Crippen molar-refractivity contribution in [1.29, 1.82) is 0 Å². The molecule has 1 aromatic carbocycles. The monoisotopic (exact) mass is 262 g/mol. The molecule has 0 saturated carbocycles. The van der Waals surface area contributed by atoms with Crippen molar-refractivity contribution in [2.75, 3.05) is 0 Å². The Morgan fingerprint density at radius 2 is 2.06 bits per heavy atom. The molecule has 0 fully saturated rings. The van der Waals surface area contributed by atoms with Crippen LogP contribution in [0.4, 0.5) is 0 Å². The molecule has 4 heteroatoms. The highest BCUT2D eigenvalue weighted by molar-refractivity contribution is 6.30. The van der Waals surface area contributed by atoms with Crippen molar-refractivity contribution in [3.8, 4) is 11.5 Å². The summed E-state index contributed by atoms with van der Waals surface area (Å²) in [6, 6.07) is 9.18. The van der Waals surface area contributed by atoms with E-state index in [0.717, 1.165) is 17.0 Å². The van der Waals surface area contributed by atoms with Crippen LogP contribution >= 0.6 is 11.6 Å². The summed E-state index contributed by atoms with van der Waals surface area (Å²) in [6.45, 7) is 3.86. The average Bonchev–Trinajstić information content (AvgIpc) is 2.34. The van der Waals surface area contributed by atoms with E-state index in [1.165, 1.54) is 0 Å². The first-order chi connectivity index (χ1) is 8.56. The fourth-order valence-electron chi connectivity index (χ4n) is 1.53. The molecule has 0 bridgehead atoms. The molecule has 18 heavy (non-hydrogen) atoms. The van der Waals surface area contributed by atoms with Gasteiger partial charge in [0.2, 0.25) is 0 Å². The zero-order valence-corrected chi connectivity index (χ0v) is 11.1. The fourth-order valence-corrected chi connectivity index (χ4v) is 1.69. The van der Waals surface area contributed by atoms with Gasteiger partial charge >= 0.3 is 0 Å². The van der Waals surface area contributed by atoms with Crippen LogP contribution in [0.1, 0.15) is 24.2 Å². The topological polar surface area (TPSA) is 48.1 Å². The van der Waals surface area contributed by atoms with E-state index in [0.29, 0.717) is 10.8 Å². The van der Waals surface area contributed by atoms with Crippen molar-refractivity contribution in [2.24, 2.45) is 5.73 Å². The molecule has 0 saturated heterocycles. The maximum atomic E-state index is 5.94. The third kappa shape index (κ3) is 3.00. The summed E-state index contributed by atoms with van der Waals surface area (Å²) >= 11 is 5.94. The number of halogens is 1. The molecule has 2 rings (SSSR count). The van der Waals surface area contributed by atoms with Gasteiger partial charge in [-0.1, -0.05) is 17.7 Å². The molecule has 2 N–H and O–H groups in total. The van der Waals surface area contributed by atoms with E-state index in [1.54, 1.807) is 12.3 Å². The number of aromatic nitrogens is 1. The molecule has 1 atom stereocenters. The summed E-state index contributed by atoms with van der Waals surface area (Å²) in [7, 11) is 0. The number of hydrogen-bond acceptors (Lipinski definition) is 3. The molecule has 1 aromatic heterocycles. The minimum absolute atomic E-state index is 0.0769. The third-order valence-electron chi connectivity index (χ3n) is 2.60. The summed E-state index contributed by atoms with van der Waals surface area (Å²) in [5, 5.41) is 0.649. The standard InChI is InChI=1S/C14H15ClN2O/c1-9-3-4-11(15)7-14(9)18-12-5-6-13(10(2)16)17-8-12/h3-8,10H,16H2,1-2H3. The van der Waals surface area contributed by atoms with Crippen LogP contribution in [0.3, 0.4) is 0 Å². The molecule has 0 aliphatic rings. The molecule has 0 radical (unpaired) electrons. The van der Waals surface area contributed by atoms with Gasteiger partial charge in [0.1, 0.15) is 11.5 Å². The van der Waals surface area contributed by atoms with Crippen LogP contribution in [-0.2, 0) is 0 Å². The van der Waals surface area contributed by atoms with E-state index in [2.05, 4.69) is 4.98 Å². The SMILES string of the molecule is Cc1ccc(Cl)cc1Oc1ccc(C(C)N)nc1. The molecular formula is C14H15ClN2O. The summed E-state index contributed by atoms with van der Waals surface area (Å²) in [5.41, 5.74) is 7.60.